The molecule has 0 spiro atoms. The van der Waals surface area contributed by atoms with E-state index in [9.17, 15) is 4.79 Å². The van der Waals surface area contributed by atoms with E-state index in [0.29, 0.717) is 13.1 Å². The molecule has 0 radical (unpaired) electrons. The molecule has 5 heteroatoms. The standard InChI is InChI=1S/C12H18N4O/c1-15-6-7-16(11(8-13)12(15)17)9-10-4-2-3-5-14-10/h2-5,11H,6-9,13H2,1H3. The second kappa shape index (κ2) is 5.25. The molecule has 1 aromatic heterocycles. The van der Waals surface area contributed by atoms with Crippen LogP contribution in [0.15, 0.2) is 24.4 Å². The van der Waals surface area contributed by atoms with Crippen LogP contribution in [-0.4, -0.2) is 53.4 Å². The van der Waals surface area contributed by atoms with Crippen molar-refractivity contribution in [1.29, 1.82) is 0 Å². The Morgan fingerprint density at radius 3 is 2.94 bits per heavy atom. The minimum atomic E-state index is -0.212. The van der Waals surface area contributed by atoms with Crippen LogP contribution in [0.25, 0.3) is 0 Å². The van der Waals surface area contributed by atoms with E-state index in [4.69, 9.17) is 5.73 Å². The molecule has 92 valence electrons. The first-order valence-corrected chi connectivity index (χ1v) is 5.81. The van der Waals surface area contributed by atoms with Gasteiger partial charge in [0.15, 0.2) is 0 Å². The van der Waals surface area contributed by atoms with Crippen LogP contribution in [0.5, 0.6) is 0 Å². The zero-order chi connectivity index (χ0) is 12.3. The maximum absolute atomic E-state index is 11.9. The van der Waals surface area contributed by atoms with Crippen molar-refractivity contribution in [3.63, 3.8) is 0 Å². The third kappa shape index (κ3) is 2.62. The third-order valence-corrected chi connectivity index (χ3v) is 3.14. The van der Waals surface area contributed by atoms with Crippen LogP contribution in [-0.2, 0) is 11.3 Å². The Kier molecular flexibility index (Phi) is 3.71. The summed E-state index contributed by atoms with van der Waals surface area (Å²) < 4.78 is 0. The van der Waals surface area contributed by atoms with E-state index < -0.39 is 0 Å². The lowest BCUT2D eigenvalue weighted by Gasteiger charge is -2.38. The fourth-order valence-corrected chi connectivity index (χ4v) is 2.09. The van der Waals surface area contributed by atoms with Gasteiger partial charge in [0.25, 0.3) is 0 Å². The molecule has 0 saturated carbocycles. The number of pyridine rings is 1. The highest BCUT2D eigenvalue weighted by atomic mass is 16.2. The number of rotatable bonds is 3. The molecular formula is C12H18N4O. The summed E-state index contributed by atoms with van der Waals surface area (Å²) in [7, 11) is 1.82. The van der Waals surface area contributed by atoms with Crippen LogP contribution >= 0.6 is 0 Å². The third-order valence-electron chi connectivity index (χ3n) is 3.14. The van der Waals surface area contributed by atoms with Gasteiger partial charge < -0.3 is 10.6 Å². The van der Waals surface area contributed by atoms with Gasteiger partial charge in [-0.05, 0) is 12.1 Å². The molecule has 0 aliphatic carbocycles. The molecule has 0 bridgehead atoms. The molecule has 1 aromatic rings. The highest BCUT2D eigenvalue weighted by molar-refractivity contribution is 5.82. The zero-order valence-electron chi connectivity index (χ0n) is 10.0. The van der Waals surface area contributed by atoms with Gasteiger partial charge in [0.2, 0.25) is 5.91 Å². The molecule has 1 unspecified atom stereocenters. The number of carbonyl (C=O) groups excluding carboxylic acids is 1. The van der Waals surface area contributed by atoms with Crippen molar-refractivity contribution in [1.82, 2.24) is 14.8 Å². The summed E-state index contributed by atoms with van der Waals surface area (Å²) in [6, 6.07) is 5.60. The lowest BCUT2D eigenvalue weighted by molar-refractivity contribution is -0.140. The molecular weight excluding hydrogens is 216 g/mol. The molecule has 5 nitrogen and oxygen atoms in total. The second-order valence-corrected chi connectivity index (χ2v) is 4.30. The monoisotopic (exact) mass is 234 g/mol. The van der Waals surface area contributed by atoms with Crippen LogP contribution in [0.1, 0.15) is 5.69 Å². The molecule has 17 heavy (non-hydrogen) atoms. The predicted octanol–water partition coefficient (Wildman–Crippen LogP) is -0.317. The highest BCUT2D eigenvalue weighted by Crippen LogP contribution is 2.12. The molecule has 1 aliphatic rings. The summed E-state index contributed by atoms with van der Waals surface area (Å²) in [6.07, 6.45) is 1.77. The maximum Gasteiger partial charge on any atom is 0.241 e. The molecule has 1 aliphatic heterocycles. The topological polar surface area (TPSA) is 62.5 Å². The Hall–Kier alpha value is -1.46. The first kappa shape index (κ1) is 12.0. The first-order chi connectivity index (χ1) is 8.22. The summed E-state index contributed by atoms with van der Waals surface area (Å²) in [5.41, 5.74) is 6.67. The minimum absolute atomic E-state index is 0.106. The van der Waals surface area contributed by atoms with Crippen molar-refractivity contribution in [2.75, 3.05) is 26.7 Å². The molecule has 2 heterocycles. The van der Waals surface area contributed by atoms with Crippen molar-refractivity contribution in [3.05, 3.63) is 30.1 Å². The highest BCUT2D eigenvalue weighted by Gasteiger charge is 2.31. The number of nitrogens with zero attached hydrogens (tertiary/aromatic N) is 3. The van der Waals surface area contributed by atoms with Crippen molar-refractivity contribution in [2.24, 2.45) is 5.73 Å². The average molecular weight is 234 g/mol. The van der Waals surface area contributed by atoms with E-state index >= 15 is 0 Å². The first-order valence-electron chi connectivity index (χ1n) is 5.81. The van der Waals surface area contributed by atoms with Gasteiger partial charge >= 0.3 is 0 Å². The second-order valence-electron chi connectivity index (χ2n) is 4.30. The van der Waals surface area contributed by atoms with Gasteiger partial charge in [-0.2, -0.15) is 0 Å². The van der Waals surface area contributed by atoms with Crippen LogP contribution in [0.3, 0.4) is 0 Å². The molecule has 2 N–H and O–H groups in total. The molecule has 1 atom stereocenters. The molecule has 2 rings (SSSR count). The van der Waals surface area contributed by atoms with E-state index in [1.54, 1.807) is 11.1 Å². The Balaban J connectivity index is 2.07. The van der Waals surface area contributed by atoms with Crippen LogP contribution < -0.4 is 5.73 Å². The van der Waals surface area contributed by atoms with E-state index in [0.717, 1.165) is 18.8 Å². The SMILES string of the molecule is CN1CCN(Cc2ccccn2)C(CN)C1=O. The van der Waals surface area contributed by atoms with Gasteiger partial charge in [-0.3, -0.25) is 14.7 Å². The maximum atomic E-state index is 11.9. The van der Waals surface area contributed by atoms with Crippen LogP contribution in [0, 0.1) is 0 Å². The fraction of sp³-hybridized carbons (Fsp3) is 0.500. The normalized spacial score (nSPS) is 21.9. The Morgan fingerprint density at radius 2 is 2.29 bits per heavy atom. The van der Waals surface area contributed by atoms with E-state index in [2.05, 4.69) is 9.88 Å². The van der Waals surface area contributed by atoms with Gasteiger partial charge in [-0.15, -0.1) is 0 Å². The number of carbonyl (C=O) groups is 1. The smallest absolute Gasteiger partial charge is 0.241 e. The van der Waals surface area contributed by atoms with Crippen molar-refractivity contribution >= 4 is 5.91 Å². The molecule has 1 amide bonds. The summed E-state index contributed by atoms with van der Waals surface area (Å²) in [5.74, 6) is 0.106. The van der Waals surface area contributed by atoms with Crippen LogP contribution in [0.4, 0.5) is 0 Å². The van der Waals surface area contributed by atoms with Crippen LogP contribution in [0.2, 0.25) is 0 Å². The minimum Gasteiger partial charge on any atom is -0.343 e. The molecule has 1 fully saturated rings. The lowest BCUT2D eigenvalue weighted by atomic mass is 10.1. The average Bonchev–Trinajstić information content (AvgIpc) is 2.36. The summed E-state index contributed by atoms with van der Waals surface area (Å²) in [6.45, 7) is 2.64. The van der Waals surface area contributed by atoms with E-state index in [-0.39, 0.29) is 11.9 Å². The Morgan fingerprint density at radius 1 is 1.47 bits per heavy atom. The number of hydrogen-bond donors (Lipinski definition) is 1. The largest absolute Gasteiger partial charge is 0.343 e. The number of hydrogen-bond acceptors (Lipinski definition) is 4. The zero-order valence-corrected chi connectivity index (χ0v) is 10.0. The van der Waals surface area contributed by atoms with Crippen molar-refractivity contribution in [3.8, 4) is 0 Å². The predicted molar refractivity (Wildman–Crippen MR) is 65.1 cm³/mol. The lowest BCUT2D eigenvalue weighted by Crippen LogP contribution is -2.58. The van der Waals surface area contributed by atoms with Gasteiger partial charge in [-0.1, -0.05) is 6.07 Å². The van der Waals surface area contributed by atoms with Gasteiger partial charge in [0.05, 0.1) is 5.69 Å². The summed E-state index contributed by atoms with van der Waals surface area (Å²) in [4.78, 5) is 20.1. The van der Waals surface area contributed by atoms with Gasteiger partial charge in [-0.25, -0.2) is 0 Å². The fourth-order valence-electron chi connectivity index (χ4n) is 2.09. The van der Waals surface area contributed by atoms with Gasteiger partial charge in [0, 0.05) is 39.4 Å². The Labute approximate surface area is 101 Å². The van der Waals surface area contributed by atoms with E-state index in [1.807, 2.05) is 25.2 Å². The van der Waals surface area contributed by atoms with Crippen molar-refractivity contribution in [2.45, 2.75) is 12.6 Å². The number of likely N-dealkylation sites (N-methyl/N-ethyl adjacent to an activating group) is 1. The number of piperazine rings is 1. The Bertz CT molecular complexity index is 381. The van der Waals surface area contributed by atoms with E-state index in [1.165, 1.54) is 0 Å². The molecule has 0 aromatic carbocycles. The summed E-state index contributed by atoms with van der Waals surface area (Å²) >= 11 is 0. The number of amides is 1. The quantitative estimate of drug-likeness (QED) is 0.779. The van der Waals surface area contributed by atoms with Crippen molar-refractivity contribution < 1.29 is 4.79 Å². The van der Waals surface area contributed by atoms with Gasteiger partial charge in [0.1, 0.15) is 6.04 Å². The summed E-state index contributed by atoms with van der Waals surface area (Å²) in [5, 5.41) is 0. The number of aromatic nitrogens is 1. The number of nitrogens with two attached hydrogens (primary N) is 1. The molecule has 1 saturated heterocycles.